The molecule has 0 radical (unpaired) electrons. The van der Waals surface area contributed by atoms with Crippen molar-refractivity contribution in [3.63, 3.8) is 0 Å². The second-order valence-electron chi connectivity index (χ2n) is 6.59. The Balaban J connectivity index is 1.62. The third kappa shape index (κ3) is 4.88. The van der Waals surface area contributed by atoms with E-state index in [1.54, 1.807) is 0 Å². The quantitative estimate of drug-likeness (QED) is 0.831. The molecule has 1 aromatic rings. The Kier molecular flexibility index (Phi) is 6.33. The third-order valence-corrected chi connectivity index (χ3v) is 4.70. The van der Waals surface area contributed by atoms with Gasteiger partial charge in [0.2, 0.25) is 5.91 Å². The predicted octanol–water partition coefficient (Wildman–Crippen LogP) is 1.87. The average Bonchev–Trinajstić information content (AvgIpc) is 2.89. The molecule has 0 unspecified atom stereocenters. The zero-order valence-corrected chi connectivity index (χ0v) is 14.8. The molecule has 2 aliphatic heterocycles. The number of carbonyl (C=O) groups is 2. The summed E-state index contributed by atoms with van der Waals surface area (Å²) in [6.07, 6.45) is 3.02. The van der Waals surface area contributed by atoms with Crippen LogP contribution >= 0.6 is 0 Å². The summed E-state index contributed by atoms with van der Waals surface area (Å²) in [4.78, 5) is 25.3. The minimum atomic E-state index is -0.986. The minimum Gasteiger partial charge on any atom is -0.490 e. The summed E-state index contributed by atoms with van der Waals surface area (Å²) in [6, 6.07) is 5.64. The number of benzene rings is 1. The monoisotopic (exact) mass is 363 g/mol. The van der Waals surface area contributed by atoms with Crippen molar-refractivity contribution in [1.29, 1.82) is 0 Å². The fraction of sp³-hybridized carbons (Fsp3) is 0.579. The lowest BCUT2D eigenvalue weighted by Crippen LogP contribution is -2.46. The maximum Gasteiger partial charge on any atom is 0.323 e. The first-order chi connectivity index (χ1) is 12.6. The number of ether oxygens (including phenoxy) is 3. The number of carbonyl (C=O) groups excluding carboxylic acids is 1. The van der Waals surface area contributed by atoms with Crippen molar-refractivity contribution in [2.24, 2.45) is 0 Å². The Morgan fingerprint density at radius 1 is 1.08 bits per heavy atom. The summed E-state index contributed by atoms with van der Waals surface area (Å²) in [7, 11) is 0. The standard InChI is InChI=1S/C19H25NO6/c21-18(20(13-19(22)23)15-6-10-24-11-7-15)5-3-14-2-4-16-17(12-14)26-9-1-8-25-16/h2,4,12,15H,1,3,5-11,13H2,(H,22,23). The minimum absolute atomic E-state index is 0.0591. The number of aryl methyl sites for hydroxylation is 1. The largest absolute Gasteiger partial charge is 0.490 e. The van der Waals surface area contributed by atoms with Crippen LogP contribution in [0.2, 0.25) is 0 Å². The molecule has 1 amide bonds. The average molecular weight is 363 g/mol. The van der Waals surface area contributed by atoms with Crippen LogP contribution in [0.1, 0.15) is 31.2 Å². The number of carboxylic acid groups (broad SMARTS) is 1. The highest BCUT2D eigenvalue weighted by molar-refractivity contribution is 5.81. The molecule has 1 aromatic carbocycles. The summed E-state index contributed by atoms with van der Waals surface area (Å²) < 4.78 is 16.6. The number of rotatable bonds is 6. The van der Waals surface area contributed by atoms with E-state index in [9.17, 15) is 9.59 Å². The van der Waals surface area contributed by atoms with Crippen LogP contribution in [0.4, 0.5) is 0 Å². The Bertz CT molecular complexity index is 641. The van der Waals surface area contributed by atoms with E-state index in [2.05, 4.69) is 0 Å². The van der Waals surface area contributed by atoms with E-state index in [4.69, 9.17) is 19.3 Å². The molecule has 1 saturated heterocycles. The number of carboxylic acids is 1. The number of nitrogens with zero attached hydrogens (tertiary/aromatic N) is 1. The maximum absolute atomic E-state index is 12.7. The molecule has 0 aliphatic carbocycles. The first-order valence-electron chi connectivity index (χ1n) is 9.11. The highest BCUT2D eigenvalue weighted by Crippen LogP contribution is 2.30. The van der Waals surface area contributed by atoms with Gasteiger partial charge in [0.05, 0.1) is 13.2 Å². The van der Waals surface area contributed by atoms with Crippen LogP contribution in [0.15, 0.2) is 18.2 Å². The molecule has 2 heterocycles. The van der Waals surface area contributed by atoms with E-state index in [0.717, 1.165) is 17.7 Å². The Morgan fingerprint density at radius 2 is 1.81 bits per heavy atom. The number of hydrogen-bond donors (Lipinski definition) is 1. The van der Waals surface area contributed by atoms with Crippen molar-refractivity contribution in [3.05, 3.63) is 23.8 Å². The normalized spacial score (nSPS) is 17.4. The van der Waals surface area contributed by atoms with Crippen LogP contribution in [-0.2, 0) is 20.7 Å². The smallest absolute Gasteiger partial charge is 0.323 e. The van der Waals surface area contributed by atoms with Gasteiger partial charge in [-0.2, -0.15) is 0 Å². The van der Waals surface area contributed by atoms with Gasteiger partial charge in [-0.3, -0.25) is 9.59 Å². The van der Waals surface area contributed by atoms with Crippen LogP contribution in [0.5, 0.6) is 11.5 Å². The van der Waals surface area contributed by atoms with Gasteiger partial charge in [0.15, 0.2) is 11.5 Å². The Labute approximate surface area is 152 Å². The molecule has 0 spiro atoms. The predicted molar refractivity (Wildman–Crippen MR) is 93.6 cm³/mol. The van der Waals surface area contributed by atoms with Crippen LogP contribution in [0, 0.1) is 0 Å². The maximum atomic E-state index is 12.7. The molecule has 0 atom stereocenters. The summed E-state index contributed by atoms with van der Waals surface area (Å²) in [5, 5.41) is 9.15. The molecule has 3 rings (SSSR count). The van der Waals surface area contributed by atoms with E-state index in [1.807, 2.05) is 18.2 Å². The van der Waals surface area contributed by atoms with Crippen molar-refractivity contribution in [3.8, 4) is 11.5 Å². The second-order valence-corrected chi connectivity index (χ2v) is 6.59. The second kappa shape index (κ2) is 8.89. The van der Waals surface area contributed by atoms with E-state index in [-0.39, 0.29) is 24.9 Å². The number of aliphatic carboxylic acids is 1. The molecular formula is C19H25NO6. The molecule has 7 heteroatoms. The molecule has 26 heavy (non-hydrogen) atoms. The van der Waals surface area contributed by atoms with Crippen molar-refractivity contribution >= 4 is 11.9 Å². The van der Waals surface area contributed by atoms with Gasteiger partial charge in [-0.05, 0) is 37.0 Å². The van der Waals surface area contributed by atoms with Gasteiger partial charge in [0.25, 0.3) is 0 Å². The number of hydrogen-bond acceptors (Lipinski definition) is 5. The lowest BCUT2D eigenvalue weighted by Gasteiger charge is -2.33. The SMILES string of the molecule is O=C(O)CN(C(=O)CCc1ccc2c(c1)OCCCO2)C1CCOCC1. The first kappa shape index (κ1) is 18.5. The summed E-state index contributed by atoms with van der Waals surface area (Å²) >= 11 is 0. The van der Waals surface area contributed by atoms with Gasteiger partial charge in [-0.15, -0.1) is 0 Å². The molecule has 1 N–H and O–H groups in total. The van der Waals surface area contributed by atoms with Crippen molar-refractivity contribution in [2.75, 3.05) is 33.0 Å². The van der Waals surface area contributed by atoms with Crippen molar-refractivity contribution in [1.82, 2.24) is 4.90 Å². The molecule has 0 bridgehead atoms. The van der Waals surface area contributed by atoms with Gasteiger partial charge in [-0.1, -0.05) is 6.07 Å². The van der Waals surface area contributed by atoms with Crippen molar-refractivity contribution < 1.29 is 28.9 Å². The lowest BCUT2D eigenvalue weighted by molar-refractivity contribution is -0.147. The van der Waals surface area contributed by atoms with Crippen LogP contribution in [0.25, 0.3) is 0 Å². The Hall–Kier alpha value is -2.28. The number of fused-ring (bicyclic) bond motifs is 1. The lowest BCUT2D eigenvalue weighted by atomic mass is 10.0. The van der Waals surface area contributed by atoms with Gasteiger partial charge >= 0.3 is 5.97 Å². The molecular weight excluding hydrogens is 338 g/mol. The van der Waals surface area contributed by atoms with E-state index < -0.39 is 5.97 Å². The highest BCUT2D eigenvalue weighted by Gasteiger charge is 2.27. The fourth-order valence-electron chi connectivity index (χ4n) is 3.32. The molecule has 0 saturated carbocycles. The van der Waals surface area contributed by atoms with Crippen molar-refractivity contribution in [2.45, 2.75) is 38.1 Å². The van der Waals surface area contributed by atoms with Gasteiger partial charge < -0.3 is 24.2 Å². The topological polar surface area (TPSA) is 85.3 Å². The Morgan fingerprint density at radius 3 is 2.54 bits per heavy atom. The van der Waals surface area contributed by atoms with E-state index in [1.165, 1.54) is 4.90 Å². The number of amides is 1. The molecule has 1 fully saturated rings. The first-order valence-corrected chi connectivity index (χ1v) is 9.11. The molecule has 2 aliphatic rings. The molecule has 142 valence electrons. The summed E-state index contributed by atoms with van der Waals surface area (Å²) in [6.45, 7) is 2.13. The highest BCUT2D eigenvalue weighted by atomic mass is 16.5. The van der Waals surface area contributed by atoms with Gasteiger partial charge in [0.1, 0.15) is 6.54 Å². The molecule has 7 nitrogen and oxygen atoms in total. The van der Waals surface area contributed by atoms with E-state index in [0.29, 0.717) is 51.4 Å². The van der Waals surface area contributed by atoms with Gasteiger partial charge in [-0.25, -0.2) is 0 Å². The summed E-state index contributed by atoms with van der Waals surface area (Å²) in [5.74, 6) is 0.318. The van der Waals surface area contributed by atoms with Crippen LogP contribution in [-0.4, -0.2) is 60.9 Å². The van der Waals surface area contributed by atoms with Crippen LogP contribution < -0.4 is 9.47 Å². The summed E-state index contributed by atoms with van der Waals surface area (Å²) in [5.41, 5.74) is 0.977. The van der Waals surface area contributed by atoms with Crippen LogP contribution in [0.3, 0.4) is 0 Å². The zero-order valence-electron chi connectivity index (χ0n) is 14.8. The van der Waals surface area contributed by atoms with Gasteiger partial charge in [0, 0.05) is 32.1 Å². The third-order valence-electron chi connectivity index (χ3n) is 4.70. The zero-order chi connectivity index (χ0) is 18.4. The molecule has 0 aromatic heterocycles. The van der Waals surface area contributed by atoms with E-state index >= 15 is 0 Å². The fourth-order valence-corrected chi connectivity index (χ4v) is 3.32.